The second-order valence-electron chi connectivity index (χ2n) is 4.72. The highest BCUT2D eigenvalue weighted by molar-refractivity contribution is 5.49. The Morgan fingerprint density at radius 3 is 2.43 bits per heavy atom. The minimum absolute atomic E-state index is 0.0632. The van der Waals surface area contributed by atoms with Gasteiger partial charge < -0.3 is 14.8 Å². The van der Waals surface area contributed by atoms with Gasteiger partial charge in [0.1, 0.15) is 5.75 Å². The number of ether oxygens (including phenoxy) is 2. The number of rotatable bonds is 6. The molecule has 2 aromatic rings. The first-order valence-corrected chi connectivity index (χ1v) is 6.97. The van der Waals surface area contributed by atoms with Crippen molar-refractivity contribution in [3.05, 3.63) is 53.8 Å². The summed E-state index contributed by atoms with van der Waals surface area (Å²) in [6.45, 7) is 4.31. The Hall–Kier alpha value is -2.23. The van der Waals surface area contributed by atoms with Crippen LogP contribution in [0, 0.1) is 5.82 Å². The van der Waals surface area contributed by atoms with E-state index in [1.165, 1.54) is 6.07 Å². The van der Waals surface area contributed by atoms with Gasteiger partial charge in [-0.1, -0.05) is 12.1 Å². The van der Waals surface area contributed by atoms with Crippen LogP contribution in [0.5, 0.6) is 11.5 Å². The molecule has 0 saturated heterocycles. The van der Waals surface area contributed by atoms with Crippen LogP contribution in [-0.2, 0) is 0 Å². The molecule has 1 N–H and O–H groups in total. The lowest BCUT2D eigenvalue weighted by Gasteiger charge is -2.16. The smallest absolute Gasteiger partial charge is 0.167 e. The summed E-state index contributed by atoms with van der Waals surface area (Å²) >= 11 is 0. The van der Waals surface area contributed by atoms with Crippen molar-refractivity contribution in [2.24, 2.45) is 0 Å². The first-order valence-electron chi connectivity index (χ1n) is 6.97. The largest absolute Gasteiger partial charge is 0.497 e. The second-order valence-corrected chi connectivity index (χ2v) is 4.72. The molecule has 0 radical (unpaired) electrons. The van der Waals surface area contributed by atoms with E-state index in [-0.39, 0.29) is 17.6 Å². The maximum absolute atomic E-state index is 13.8. The van der Waals surface area contributed by atoms with Crippen LogP contribution in [-0.4, -0.2) is 13.7 Å². The molecule has 112 valence electrons. The highest BCUT2D eigenvalue weighted by Gasteiger charge is 2.08. The van der Waals surface area contributed by atoms with Crippen molar-refractivity contribution >= 4 is 5.69 Å². The molecule has 0 heterocycles. The van der Waals surface area contributed by atoms with E-state index < -0.39 is 0 Å². The standard InChI is InChI=1S/C17H20FNO2/c1-4-21-17-10-7-14(11-16(17)18)19-12(2)13-5-8-15(20-3)9-6-13/h5-12,19H,4H2,1-3H3. The van der Waals surface area contributed by atoms with E-state index in [2.05, 4.69) is 5.32 Å². The molecular formula is C17H20FNO2. The van der Waals surface area contributed by atoms with Gasteiger partial charge >= 0.3 is 0 Å². The van der Waals surface area contributed by atoms with Gasteiger partial charge in [-0.05, 0) is 43.7 Å². The van der Waals surface area contributed by atoms with Gasteiger partial charge in [-0.3, -0.25) is 0 Å². The van der Waals surface area contributed by atoms with E-state index in [9.17, 15) is 4.39 Å². The molecule has 0 saturated carbocycles. The Bertz CT molecular complexity index is 584. The molecular weight excluding hydrogens is 269 g/mol. The van der Waals surface area contributed by atoms with E-state index in [0.29, 0.717) is 6.61 Å². The van der Waals surface area contributed by atoms with Crippen LogP contribution in [0.25, 0.3) is 0 Å². The monoisotopic (exact) mass is 289 g/mol. The molecule has 0 bridgehead atoms. The van der Waals surface area contributed by atoms with Crippen LogP contribution in [0.15, 0.2) is 42.5 Å². The zero-order valence-electron chi connectivity index (χ0n) is 12.5. The predicted octanol–water partition coefficient (Wildman–Crippen LogP) is 4.41. The van der Waals surface area contributed by atoms with Crippen LogP contribution in [0.3, 0.4) is 0 Å². The third kappa shape index (κ3) is 3.88. The van der Waals surface area contributed by atoms with Crippen molar-refractivity contribution in [2.45, 2.75) is 19.9 Å². The third-order valence-corrected chi connectivity index (χ3v) is 3.23. The Kier molecular flexibility index (Phi) is 5.04. The average Bonchev–Trinajstić information content (AvgIpc) is 2.50. The average molecular weight is 289 g/mol. The SMILES string of the molecule is CCOc1ccc(NC(C)c2ccc(OC)cc2)cc1F. The molecule has 2 aromatic carbocycles. The van der Waals surface area contributed by atoms with Crippen molar-refractivity contribution in [3.8, 4) is 11.5 Å². The van der Waals surface area contributed by atoms with Crippen molar-refractivity contribution < 1.29 is 13.9 Å². The van der Waals surface area contributed by atoms with E-state index in [0.717, 1.165) is 17.0 Å². The molecule has 3 nitrogen and oxygen atoms in total. The summed E-state index contributed by atoms with van der Waals surface area (Å²) in [7, 11) is 1.64. The molecule has 0 aliphatic rings. The van der Waals surface area contributed by atoms with Gasteiger partial charge in [-0.15, -0.1) is 0 Å². The minimum atomic E-state index is -0.358. The van der Waals surface area contributed by atoms with E-state index in [1.807, 2.05) is 44.2 Å². The zero-order valence-corrected chi connectivity index (χ0v) is 12.5. The summed E-state index contributed by atoms with van der Waals surface area (Å²) in [6.07, 6.45) is 0. The predicted molar refractivity (Wildman–Crippen MR) is 82.6 cm³/mol. The zero-order chi connectivity index (χ0) is 15.2. The number of halogens is 1. The molecule has 0 aliphatic carbocycles. The lowest BCUT2D eigenvalue weighted by Crippen LogP contribution is -2.07. The van der Waals surface area contributed by atoms with Crippen molar-refractivity contribution in [1.82, 2.24) is 0 Å². The van der Waals surface area contributed by atoms with Gasteiger partial charge in [0, 0.05) is 17.8 Å². The highest BCUT2D eigenvalue weighted by Crippen LogP contribution is 2.25. The van der Waals surface area contributed by atoms with Gasteiger partial charge in [0.15, 0.2) is 11.6 Å². The third-order valence-electron chi connectivity index (χ3n) is 3.23. The van der Waals surface area contributed by atoms with Crippen molar-refractivity contribution in [2.75, 3.05) is 19.0 Å². The van der Waals surface area contributed by atoms with E-state index >= 15 is 0 Å². The van der Waals surface area contributed by atoms with Gasteiger partial charge in [0.05, 0.1) is 13.7 Å². The summed E-state index contributed by atoms with van der Waals surface area (Å²) in [5.41, 5.74) is 1.82. The van der Waals surface area contributed by atoms with Crippen LogP contribution in [0.1, 0.15) is 25.5 Å². The Morgan fingerprint density at radius 1 is 1.14 bits per heavy atom. The minimum Gasteiger partial charge on any atom is -0.497 e. The molecule has 0 aliphatic heterocycles. The maximum Gasteiger partial charge on any atom is 0.167 e. The van der Waals surface area contributed by atoms with Crippen LogP contribution >= 0.6 is 0 Å². The molecule has 0 aromatic heterocycles. The van der Waals surface area contributed by atoms with Gasteiger partial charge in [0.2, 0.25) is 0 Å². The molecule has 4 heteroatoms. The molecule has 1 unspecified atom stereocenters. The molecule has 0 fully saturated rings. The van der Waals surface area contributed by atoms with E-state index in [4.69, 9.17) is 9.47 Å². The van der Waals surface area contributed by atoms with Crippen LogP contribution in [0.4, 0.5) is 10.1 Å². The number of benzene rings is 2. The molecule has 21 heavy (non-hydrogen) atoms. The van der Waals surface area contributed by atoms with Crippen LogP contribution < -0.4 is 14.8 Å². The van der Waals surface area contributed by atoms with Crippen LogP contribution in [0.2, 0.25) is 0 Å². The molecule has 1 atom stereocenters. The first kappa shape index (κ1) is 15.2. The fourth-order valence-corrected chi connectivity index (χ4v) is 2.09. The number of nitrogens with one attached hydrogen (secondary N) is 1. The summed E-state index contributed by atoms with van der Waals surface area (Å²) < 4.78 is 24.1. The second kappa shape index (κ2) is 6.97. The Morgan fingerprint density at radius 2 is 1.86 bits per heavy atom. The van der Waals surface area contributed by atoms with Crippen molar-refractivity contribution in [1.29, 1.82) is 0 Å². The van der Waals surface area contributed by atoms with E-state index in [1.54, 1.807) is 13.2 Å². The normalized spacial score (nSPS) is 11.8. The molecule has 2 rings (SSSR count). The number of hydrogen-bond acceptors (Lipinski definition) is 3. The number of anilines is 1. The summed E-state index contributed by atoms with van der Waals surface area (Å²) in [6, 6.07) is 12.8. The number of methoxy groups -OCH3 is 1. The van der Waals surface area contributed by atoms with Gasteiger partial charge in [-0.2, -0.15) is 0 Å². The lowest BCUT2D eigenvalue weighted by molar-refractivity contribution is 0.321. The van der Waals surface area contributed by atoms with Gasteiger partial charge in [0.25, 0.3) is 0 Å². The topological polar surface area (TPSA) is 30.5 Å². The van der Waals surface area contributed by atoms with Crippen molar-refractivity contribution in [3.63, 3.8) is 0 Å². The lowest BCUT2D eigenvalue weighted by atomic mass is 10.1. The maximum atomic E-state index is 13.8. The summed E-state index contributed by atoms with van der Waals surface area (Å²) in [5, 5.41) is 3.27. The highest BCUT2D eigenvalue weighted by atomic mass is 19.1. The number of hydrogen-bond donors (Lipinski definition) is 1. The fourth-order valence-electron chi connectivity index (χ4n) is 2.09. The molecule has 0 spiro atoms. The fraction of sp³-hybridized carbons (Fsp3) is 0.294. The Balaban J connectivity index is 2.07. The summed E-state index contributed by atoms with van der Waals surface area (Å²) in [5.74, 6) is 0.738. The van der Waals surface area contributed by atoms with Gasteiger partial charge in [-0.25, -0.2) is 4.39 Å². The molecule has 0 amide bonds. The Labute approximate surface area is 124 Å². The quantitative estimate of drug-likeness (QED) is 0.854. The first-order chi connectivity index (χ1) is 10.1. The summed E-state index contributed by atoms with van der Waals surface area (Å²) in [4.78, 5) is 0.